The van der Waals surface area contributed by atoms with E-state index < -0.39 is 29.6 Å². The molecule has 0 unspecified atom stereocenters. The third-order valence-electron chi connectivity index (χ3n) is 4.60. The Labute approximate surface area is 182 Å². The number of rotatable bonds is 4. The number of hydrogen-bond donors (Lipinski definition) is 1. The van der Waals surface area contributed by atoms with Crippen molar-refractivity contribution in [1.82, 2.24) is 4.57 Å². The van der Waals surface area contributed by atoms with E-state index in [1.807, 2.05) is 0 Å². The molecule has 2 aromatic carbocycles. The Hall–Kier alpha value is -3.49. The molecule has 0 aliphatic rings. The minimum atomic E-state index is -4.84. The van der Waals surface area contributed by atoms with E-state index in [2.05, 4.69) is 4.74 Å². The second kappa shape index (κ2) is 8.22. The predicted octanol–water partition coefficient (Wildman–Crippen LogP) is 5.13. The Morgan fingerprint density at radius 1 is 1.03 bits per heavy atom. The molecular formula is C23H22F3NO5. The molecule has 3 rings (SSSR count). The quantitative estimate of drug-likeness (QED) is 0.559. The molecule has 0 amide bonds. The maximum Gasteiger partial charge on any atom is 0.573 e. The normalized spacial score (nSPS) is 12.1. The Morgan fingerprint density at radius 3 is 2.22 bits per heavy atom. The van der Waals surface area contributed by atoms with Crippen LogP contribution < -0.4 is 4.74 Å². The van der Waals surface area contributed by atoms with Crippen molar-refractivity contribution in [3.63, 3.8) is 0 Å². The summed E-state index contributed by atoms with van der Waals surface area (Å²) in [6.45, 7) is 6.86. The lowest BCUT2D eigenvalue weighted by atomic mass is 10.1. The van der Waals surface area contributed by atoms with Crippen molar-refractivity contribution in [3.8, 4) is 11.5 Å². The monoisotopic (exact) mass is 449 g/mol. The topological polar surface area (TPSA) is 77.8 Å². The number of phenolic OH excluding ortho intramolecular Hbond substituents is 1. The number of halogens is 3. The summed E-state index contributed by atoms with van der Waals surface area (Å²) < 4.78 is 47.7. The summed E-state index contributed by atoms with van der Waals surface area (Å²) in [7, 11) is 0. The molecule has 1 aromatic heterocycles. The van der Waals surface area contributed by atoms with Crippen molar-refractivity contribution in [2.75, 3.05) is 0 Å². The number of ether oxygens (including phenoxy) is 2. The first-order chi connectivity index (χ1) is 14.7. The average Bonchev–Trinajstić information content (AvgIpc) is 2.90. The van der Waals surface area contributed by atoms with Gasteiger partial charge in [-0.05, 0) is 75.7 Å². The highest BCUT2D eigenvalue weighted by molar-refractivity contribution is 6.05. The van der Waals surface area contributed by atoms with Crippen LogP contribution in [0.2, 0.25) is 0 Å². The predicted molar refractivity (Wildman–Crippen MR) is 111 cm³/mol. The first kappa shape index (κ1) is 23.2. The first-order valence-electron chi connectivity index (χ1n) is 9.70. The Bertz CT molecular complexity index is 1170. The zero-order valence-electron chi connectivity index (χ0n) is 17.9. The van der Waals surface area contributed by atoms with Crippen LogP contribution in [0, 0.1) is 6.92 Å². The molecule has 3 aromatic rings. The van der Waals surface area contributed by atoms with E-state index in [9.17, 15) is 27.9 Å². The molecule has 1 heterocycles. The van der Waals surface area contributed by atoms with Crippen molar-refractivity contribution in [3.05, 3.63) is 59.3 Å². The number of alkyl halides is 3. The van der Waals surface area contributed by atoms with E-state index in [4.69, 9.17) is 4.74 Å². The van der Waals surface area contributed by atoms with Gasteiger partial charge in [-0.1, -0.05) is 0 Å². The van der Waals surface area contributed by atoms with E-state index >= 15 is 0 Å². The van der Waals surface area contributed by atoms with E-state index in [0.717, 1.165) is 12.1 Å². The maximum absolute atomic E-state index is 13.2. The minimum absolute atomic E-state index is 0.0406. The molecule has 0 atom stereocenters. The van der Waals surface area contributed by atoms with Gasteiger partial charge < -0.3 is 14.6 Å². The Kier molecular flexibility index (Phi) is 5.95. The maximum atomic E-state index is 13.2. The molecule has 32 heavy (non-hydrogen) atoms. The molecule has 0 fully saturated rings. The number of esters is 1. The second-order valence-electron chi connectivity index (χ2n) is 8.24. The zero-order valence-corrected chi connectivity index (χ0v) is 17.9. The number of benzene rings is 2. The molecule has 6 nitrogen and oxygen atoms in total. The largest absolute Gasteiger partial charge is 0.573 e. The number of carbonyl (C=O) groups excluding carboxylic acids is 2. The van der Waals surface area contributed by atoms with Gasteiger partial charge in [-0.2, -0.15) is 0 Å². The molecular weight excluding hydrogens is 427 g/mol. The number of fused-ring (bicyclic) bond motifs is 1. The van der Waals surface area contributed by atoms with Crippen LogP contribution in [0.4, 0.5) is 13.2 Å². The van der Waals surface area contributed by atoms with Crippen molar-refractivity contribution in [1.29, 1.82) is 0 Å². The van der Waals surface area contributed by atoms with Crippen molar-refractivity contribution in [2.24, 2.45) is 0 Å². The lowest BCUT2D eigenvalue weighted by molar-refractivity contribution is -0.274. The molecule has 0 saturated carbocycles. The molecule has 1 N–H and O–H groups in total. The highest BCUT2D eigenvalue weighted by Gasteiger charge is 2.31. The summed E-state index contributed by atoms with van der Waals surface area (Å²) in [6, 6.07) is 8.94. The number of nitrogens with zero attached hydrogens (tertiary/aromatic N) is 1. The van der Waals surface area contributed by atoms with Crippen LogP contribution in [0.3, 0.4) is 0 Å². The van der Waals surface area contributed by atoms with Gasteiger partial charge in [-0.15, -0.1) is 13.2 Å². The van der Waals surface area contributed by atoms with Crippen LogP contribution in [-0.4, -0.2) is 33.5 Å². The summed E-state index contributed by atoms with van der Waals surface area (Å²) in [6.07, 6.45) is -4.96. The van der Waals surface area contributed by atoms with Crippen LogP contribution in [0.5, 0.6) is 11.5 Å². The summed E-state index contributed by atoms with van der Waals surface area (Å²) in [5.41, 5.74) is 0.838. The molecule has 0 spiro atoms. The number of phenols is 1. The van der Waals surface area contributed by atoms with Gasteiger partial charge in [0.2, 0.25) is 0 Å². The molecule has 0 radical (unpaired) electrons. The van der Waals surface area contributed by atoms with Gasteiger partial charge in [-0.3, -0.25) is 14.2 Å². The van der Waals surface area contributed by atoms with Crippen LogP contribution in [0.25, 0.3) is 10.9 Å². The van der Waals surface area contributed by atoms with E-state index in [1.54, 1.807) is 27.7 Å². The summed E-state index contributed by atoms with van der Waals surface area (Å²) in [5.74, 6) is -1.49. The van der Waals surface area contributed by atoms with E-state index in [-0.39, 0.29) is 17.7 Å². The molecule has 9 heteroatoms. The third-order valence-corrected chi connectivity index (χ3v) is 4.60. The van der Waals surface area contributed by atoms with Crippen molar-refractivity contribution in [2.45, 2.75) is 46.1 Å². The lowest BCUT2D eigenvalue weighted by Gasteiger charge is -2.19. The standard InChI is InChI=1S/C23H22F3NO5/c1-13-17(12-20(29)32-22(2,3)4)18-11-15(28)7-10-19(18)27(13)21(30)14-5-8-16(9-6-14)31-23(24,25)26/h5-11,28H,12H2,1-4H3. The summed E-state index contributed by atoms with van der Waals surface area (Å²) in [4.78, 5) is 25.6. The van der Waals surface area contributed by atoms with Gasteiger partial charge >= 0.3 is 12.3 Å². The van der Waals surface area contributed by atoms with Gasteiger partial charge in [0.25, 0.3) is 5.91 Å². The van der Waals surface area contributed by atoms with Gasteiger partial charge in [0, 0.05) is 16.6 Å². The minimum Gasteiger partial charge on any atom is -0.508 e. The fraction of sp³-hybridized carbons (Fsp3) is 0.304. The second-order valence-corrected chi connectivity index (χ2v) is 8.24. The van der Waals surface area contributed by atoms with Gasteiger partial charge in [0.1, 0.15) is 17.1 Å². The van der Waals surface area contributed by atoms with E-state index in [0.29, 0.717) is 22.2 Å². The first-order valence-corrected chi connectivity index (χ1v) is 9.70. The highest BCUT2D eigenvalue weighted by Crippen LogP contribution is 2.31. The average molecular weight is 449 g/mol. The zero-order chi connectivity index (χ0) is 23.8. The number of aromatic hydroxyl groups is 1. The van der Waals surface area contributed by atoms with Gasteiger partial charge in [0.15, 0.2) is 0 Å². The molecule has 170 valence electrons. The molecule has 0 saturated heterocycles. The fourth-order valence-corrected chi connectivity index (χ4v) is 3.41. The van der Waals surface area contributed by atoms with Crippen LogP contribution >= 0.6 is 0 Å². The van der Waals surface area contributed by atoms with Gasteiger partial charge in [-0.25, -0.2) is 0 Å². The summed E-state index contributed by atoms with van der Waals surface area (Å²) in [5, 5.41) is 10.4. The molecule has 0 bridgehead atoms. The van der Waals surface area contributed by atoms with Crippen molar-refractivity contribution >= 4 is 22.8 Å². The Morgan fingerprint density at radius 2 is 1.66 bits per heavy atom. The molecule has 0 aliphatic heterocycles. The van der Waals surface area contributed by atoms with Crippen LogP contribution in [0.1, 0.15) is 42.4 Å². The SMILES string of the molecule is Cc1c(CC(=O)OC(C)(C)C)c2cc(O)ccc2n1C(=O)c1ccc(OC(F)(F)F)cc1. The fourth-order valence-electron chi connectivity index (χ4n) is 3.41. The lowest BCUT2D eigenvalue weighted by Crippen LogP contribution is -2.25. The highest BCUT2D eigenvalue weighted by atomic mass is 19.4. The van der Waals surface area contributed by atoms with Crippen LogP contribution in [-0.2, 0) is 16.0 Å². The molecule has 0 aliphatic carbocycles. The number of aromatic nitrogens is 1. The smallest absolute Gasteiger partial charge is 0.508 e. The number of carbonyl (C=O) groups is 2. The third kappa shape index (κ3) is 5.22. The van der Waals surface area contributed by atoms with Crippen LogP contribution in [0.15, 0.2) is 42.5 Å². The Balaban J connectivity index is 2.02. The number of hydrogen-bond acceptors (Lipinski definition) is 5. The van der Waals surface area contributed by atoms with Crippen molar-refractivity contribution < 1.29 is 37.3 Å². The van der Waals surface area contributed by atoms with Gasteiger partial charge in [0.05, 0.1) is 11.9 Å². The van der Waals surface area contributed by atoms with E-state index in [1.165, 1.54) is 34.9 Å². The summed E-state index contributed by atoms with van der Waals surface area (Å²) >= 11 is 0.